The minimum Gasteiger partial charge on any atom is -0.392 e. The number of aliphatic hydroxyl groups excluding tert-OH is 1. The molecular weight excluding hydrogens is 304 g/mol. The summed E-state index contributed by atoms with van der Waals surface area (Å²) in [4.78, 5) is 0. The number of hydrogen-bond acceptors (Lipinski definition) is 4. The average molecular weight is 338 g/mol. The minimum absolute atomic E-state index is 0.199. The largest absolute Gasteiger partial charge is 0.392 e. The number of fused-ring (bicyclic) bond motifs is 1. The van der Waals surface area contributed by atoms with E-state index in [0.717, 1.165) is 19.4 Å². The molecular formula is C20H34O4. The van der Waals surface area contributed by atoms with Crippen LogP contribution >= 0.6 is 0 Å². The maximum absolute atomic E-state index is 10.3. The van der Waals surface area contributed by atoms with Crippen LogP contribution in [0.4, 0.5) is 0 Å². The first-order valence-electron chi connectivity index (χ1n) is 9.36. The standard InChI is InChI=1S/C20H34O4/c1-22-9-5-3-4-7-16-13-17-15-20(21)18(19(17)14-16)8-6-10-24-12-11-23-2/h6,8,14,17-21H,3-5,7,9-13,15H2,1-2H3/b8-6+/t17?,18-,19?,20-/m1/s1. The van der Waals surface area contributed by atoms with Gasteiger partial charge in [0.2, 0.25) is 0 Å². The Hall–Kier alpha value is -0.680. The van der Waals surface area contributed by atoms with Gasteiger partial charge in [-0.2, -0.15) is 0 Å². The van der Waals surface area contributed by atoms with E-state index in [1.165, 1.54) is 25.7 Å². The fraction of sp³-hybridized carbons (Fsp3) is 0.800. The normalized spacial score (nSPS) is 29.4. The second kappa shape index (κ2) is 11.0. The maximum Gasteiger partial charge on any atom is 0.0704 e. The van der Waals surface area contributed by atoms with Crippen molar-refractivity contribution in [1.82, 2.24) is 0 Å². The lowest BCUT2D eigenvalue weighted by Gasteiger charge is -2.15. The molecule has 0 saturated heterocycles. The molecule has 0 aromatic heterocycles. The van der Waals surface area contributed by atoms with Crippen molar-refractivity contribution in [2.75, 3.05) is 40.6 Å². The highest BCUT2D eigenvalue weighted by Crippen LogP contribution is 2.48. The molecule has 2 aliphatic carbocycles. The number of allylic oxidation sites excluding steroid dienone is 2. The Morgan fingerprint density at radius 1 is 1.12 bits per heavy atom. The number of ether oxygens (including phenoxy) is 3. The molecule has 0 aliphatic heterocycles. The van der Waals surface area contributed by atoms with Gasteiger partial charge in [-0.1, -0.05) is 30.2 Å². The lowest BCUT2D eigenvalue weighted by Crippen LogP contribution is -2.16. The molecule has 0 aromatic carbocycles. The van der Waals surface area contributed by atoms with Gasteiger partial charge >= 0.3 is 0 Å². The molecule has 1 N–H and O–H groups in total. The van der Waals surface area contributed by atoms with Crippen LogP contribution in [-0.4, -0.2) is 51.9 Å². The van der Waals surface area contributed by atoms with Gasteiger partial charge in [0.1, 0.15) is 0 Å². The van der Waals surface area contributed by atoms with Gasteiger partial charge in [-0.25, -0.2) is 0 Å². The number of rotatable bonds is 12. The van der Waals surface area contributed by atoms with Gasteiger partial charge in [-0.3, -0.25) is 0 Å². The fourth-order valence-corrected chi connectivity index (χ4v) is 4.06. The Kier molecular flexibility index (Phi) is 9.03. The Morgan fingerprint density at radius 2 is 1.96 bits per heavy atom. The Balaban J connectivity index is 1.73. The monoisotopic (exact) mass is 338 g/mol. The summed E-state index contributed by atoms with van der Waals surface area (Å²) in [7, 11) is 3.44. The lowest BCUT2D eigenvalue weighted by molar-refractivity contribution is 0.0848. The molecule has 0 radical (unpaired) electrons. The Labute approximate surface area is 146 Å². The van der Waals surface area contributed by atoms with Crippen LogP contribution in [0.1, 0.15) is 38.5 Å². The smallest absolute Gasteiger partial charge is 0.0704 e. The number of hydrogen-bond donors (Lipinski definition) is 1. The first kappa shape index (κ1) is 19.6. The fourth-order valence-electron chi connectivity index (χ4n) is 4.06. The molecule has 4 atom stereocenters. The van der Waals surface area contributed by atoms with Crippen molar-refractivity contribution >= 4 is 0 Å². The zero-order chi connectivity index (χ0) is 17.2. The highest BCUT2D eigenvalue weighted by Gasteiger charge is 2.42. The van der Waals surface area contributed by atoms with Gasteiger partial charge in [-0.15, -0.1) is 0 Å². The molecule has 1 fully saturated rings. The summed E-state index contributed by atoms with van der Waals surface area (Å²) in [6.07, 6.45) is 13.5. The molecule has 2 rings (SSSR count). The van der Waals surface area contributed by atoms with E-state index in [2.05, 4.69) is 18.2 Å². The van der Waals surface area contributed by atoms with Crippen molar-refractivity contribution in [3.63, 3.8) is 0 Å². The third kappa shape index (κ3) is 5.99. The average Bonchev–Trinajstić information content (AvgIpc) is 3.08. The first-order chi connectivity index (χ1) is 11.8. The molecule has 0 heterocycles. The summed E-state index contributed by atoms with van der Waals surface area (Å²) in [5, 5.41) is 10.3. The predicted molar refractivity (Wildman–Crippen MR) is 96.0 cm³/mol. The lowest BCUT2D eigenvalue weighted by atomic mass is 9.92. The van der Waals surface area contributed by atoms with Crippen LogP contribution in [0.5, 0.6) is 0 Å². The number of aliphatic hydroxyl groups is 1. The summed E-state index contributed by atoms with van der Waals surface area (Å²) in [6, 6.07) is 0. The van der Waals surface area contributed by atoms with Crippen LogP contribution in [0.2, 0.25) is 0 Å². The number of unbranched alkanes of at least 4 members (excludes halogenated alkanes) is 2. The van der Waals surface area contributed by atoms with E-state index in [1.54, 1.807) is 19.8 Å². The van der Waals surface area contributed by atoms with Crippen molar-refractivity contribution in [2.45, 2.75) is 44.6 Å². The van der Waals surface area contributed by atoms with Crippen molar-refractivity contribution < 1.29 is 19.3 Å². The molecule has 138 valence electrons. The molecule has 24 heavy (non-hydrogen) atoms. The quantitative estimate of drug-likeness (QED) is 0.438. The zero-order valence-corrected chi connectivity index (χ0v) is 15.3. The molecule has 4 heteroatoms. The van der Waals surface area contributed by atoms with Crippen LogP contribution in [0.25, 0.3) is 0 Å². The second-order valence-corrected chi connectivity index (χ2v) is 7.05. The molecule has 0 aromatic rings. The first-order valence-corrected chi connectivity index (χ1v) is 9.36. The van der Waals surface area contributed by atoms with Crippen molar-refractivity contribution in [2.24, 2.45) is 17.8 Å². The zero-order valence-electron chi connectivity index (χ0n) is 15.3. The van der Waals surface area contributed by atoms with Crippen LogP contribution in [0.3, 0.4) is 0 Å². The van der Waals surface area contributed by atoms with Crippen molar-refractivity contribution in [3.05, 3.63) is 23.8 Å². The molecule has 2 unspecified atom stereocenters. The number of methoxy groups -OCH3 is 2. The van der Waals surface area contributed by atoms with E-state index in [0.29, 0.717) is 31.7 Å². The van der Waals surface area contributed by atoms with E-state index >= 15 is 0 Å². The third-order valence-electron chi connectivity index (χ3n) is 5.28. The van der Waals surface area contributed by atoms with E-state index in [9.17, 15) is 5.11 Å². The topological polar surface area (TPSA) is 47.9 Å². The van der Waals surface area contributed by atoms with Crippen LogP contribution in [-0.2, 0) is 14.2 Å². The van der Waals surface area contributed by atoms with Crippen LogP contribution in [0.15, 0.2) is 23.8 Å². The second-order valence-electron chi connectivity index (χ2n) is 7.05. The summed E-state index contributed by atoms with van der Waals surface area (Å²) in [5.74, 6) is 1.41. The highest BCUT2D eigenvalue weighted by molar-refractivity contribution is 5.21. The Morgan fingerprint density at radius 3 is 2.75 bits per heavy atom. The predicted octanol–water partition coefficient (Wildman–Crippen LogP) is 3.36. The van der Waals surface area contributed by atoms with Crippen molar-refractivity contribution in [3.8, 4) is 0 Å². The van der Waals surface area contributed by atoms with Gasteiger partial charge in [-0.05, 0) is 43.9 Å². The highest BCUT2D eigenvalue weighted by atomic mass is 16.5. The Bertz CT molecular complexity index is 404. The van der Waals surface area contributed by atoms with E-state index in [4.69, 9.17) is 14.2 Å². The third-order valence-corrected chi connectivity index (χ3v) is 5.28. The maximum atomic E-state index is 10.3. The van der Waals surface area contributed by atoms with Crippen molar-refractivity contribution in [1.29, 1.82) is 0 Å². The molecule has 1 saturated carbocycles. The van der Waals surface area contributed by atoms with E-state index in [-0.39, 0.29) is 12.0 Å². The molecule has 0 bridgehead atoms. The van der Waals surface area contributed by atoms with E-state index in [1.807, 2.05) is 0 Å². The van der Waals surface area contributed by atoms with Gasteiger partial charge in [0.15, 0.2) is 0 Å². The SMILES string of the molecule is COCCCCCC1=CC2C(C1)C[C@@H](O)[C@@H]2/C=C/COCCOC. The summed E-state index contributed by atoms with van der Waals surface area (Å²) >= 11 is 0. The van der Waals surface area contributed by atoms with Gasteiger partial charge in [0.05, 0.1) is 25.9 Å². The van der Waals surface area contributed by atoms with Crippen LogP contribution < -0.4 is 0 Å². The summed E-state index contributed by atoms with van der Waals surface area (Å²) < 4.78 is 15.5. The molecule has 2 aliphatic rings. The molecule has 0 spiro atoms. The van der Waals surface area contributed by atoms with E-state index < -0.39 is 0 Å². The summed E-state index contributed by atoms with van der Waals surface area (Å²) in [6.45, 7) is 2.71. The van der Waals surface area contributed by atoms with Gasteiger partial charge < -0.3 is 19.3 Å². The molecule has 0 amide bonds. The minimum atomic E-state index is -0.199. The summed E-state index contributed by atoms with van der Waals surface area (Å²) in [5.41, 5.74) is 1.60. The van der Waals surface area contributed by atoms with Gasteiger partial charge in [0.25, 0.3) is 0 Å². The van der Waals surface area contributed by atoms with Gasteiger partial charge in [0, 0.05) is 26.7 Å². The molecule has 4 nitrogen and oxygen atoms in total. The van der Waals surface area contributed by atoms with Crippen LogP contribution in [0, 0.1) is 17.8 Å².